The molecule has 0 aliphatic carbocycles. The van der Waals surface area contributed by atoms with Gasteiger partial charge in [0.15, 0.2) is 0 Å². The zero-order valence-electron chi connectivity index (χ0n) is 6.96. The van der Waals surface area contributed by atoms with Crippen molar-refractivity contribution in [2.24, 2.45) is 0 Å². The van der Waals surface area contributed by atoms with E-state index in [9.17, 15) is 0 Å². The monoisotopic (exact) mass is 163 g/mol. The summed E-state index contributed by atoms with van der Waals surface area (Å²) in [5.41, 5.74) is 0. The predicted molar refractivity (Wildman–Crippen MR) is 50.7 cm³/mol. The van der Waals surface area contributed by atoms with Crippen LogP contribution in [-0.4, -0.2) is 17.7 Å². The van der Waals surface area contributed by atoms with Crippen LogP contribution in [0.25, 0.3) is 0 Å². The molecule has 0 atom stereocenters. The van der Waals surface area contributed by atoms with Gasteiger partial charge in [0, 0.05) is 12.7 Å². The Labute approximate surface area is 72.3 Å². The van der Waals surface area contributed by atoms with Crippen molar-refractivity contribution in [2.75, 3.05) is 11.9 Å². The molecular formula is C9H13N3. The maximum atomic E-state index is 6.82. The minimum Gasteiger partial charge on any atom is -0.370 e. The number of anilines is 1. The fourth-order valence-electron chi connectivity index (χ4n) is 0.888. The number of unbranched alkanes of at least 4 members (excludes halogenated alkanes) is 1. The summed E-state index contributed by atoms with van der Waals surface area (Å²) in [4.78, 5) is 4.11. The van der Waals surface area contributed by atoms with Gasteiger partial charge in [0.2, 0.25) is 0 Å². The number of hydrogen-bond acceptors (Lipinski definition) is 3. The van der Waals surface area contributed by atoms with Gasteiger partial charge in [-0.1, -0.05) is 6.07 Å². The van der Waals surface area contributed by atoms with E-state index in [1.165, 1.54) is 6.21 Å². The number of nitrogens with one attached hydrogen (secondary N) is 2. The number of nitrogens with zero attached hydrogens (tertiary/aromatic N) is 1. The van der Waals surface area contributed by atoms with E-state index in [4.69, 9.17) is 5.41 Å². The molecule has 1 aromatic heterocycles. The van der Waals surface area contributed by atoms with Gasteiger partial charge in [-0.15, -0.1) is 0 Å². The standard InChI is InChI=1S/C9H13N3/c10-6-2-4-8-12-9-5-1-3-7-11-9/h1,3,5-7,10H,2,4,8H2,(H,11,12). The predicted octanol–water partition coefficient (Wildman–Crippen LogP) is 1.92. The van der Waals surface area contributed by atoms with E-state index in [0.29, 0.717) is 0 Å². The second-order valence-electron chi connectivity index (χ2n) is 2.49. The lowest BCUT2D eigenvalue weighted by atomic mass is 10.3. The molecule has 0 aliphatic heterocycles. The van der Waals surface area contributed by atoms with Crippen molar-refractivity contribution in [1.82, 2.24) is 4.98 Å². The summed E-state index contributed by atoms with van der Waals surface area (Å²) in [5.74, 6) is 0.905. The average molecular weight is 163 g/mol. The molecule has 0 aromatic carbocycles. The third-order valence-corrected chi connectivity index (χ3v) is 1.50. The maximum absolute atomic E-state index is 6.82. The summed E-state index contributed by atoms with van der Waals surface area (Å²) in [6, 6.07) is 5.78. The number of aromatic nitrogens is 1. The number of pyridine rings is 1. The van der Waals surface area contributed by atoms with Crippen LogP contribution in [0.1, 0.15) is 12.8 Å². The van der Waals surface area contributed by atoms with Gasteiger partial charge in [0.1, 0.15) is 5.82 Å². The van der Waals surface area contributed by atoms with E-state index < -0.39 is 0 Å². The molecule has 3 heteroatoms. The smallest absolute Gasteiger partial charge is 0.125 e. The third-order valence-electron chi connectivity index (χ3n) is 1.50. The molecule has 0 saturated heterocycles. The van der Waals surface area contributed by atoms with Gasteiger partial charge >= 0.3 is 0 Å². The van der Waals surface area contributed by atoms with Crippen LogP contribution >= 0.6 is 0 Å². The van der Waals surface area contributed by atoms with Crippen LogP contribution in [0.2, 0.25) is 0 Å². The average Bonchev–Trinajstić information content (AvgIpc) is 2.14. The molecule has 3 nitrogen and oxygen atoms in total. The Morgan fingerprint density at radius 3 is 3.08 bits per heavy atom. The van der Waals surface area contributed by atoms with E-state index in [-0.39, 0.29) is 0 Å². The van der Waals surface area contributed by atoms with E-state index in [2.05, 4.69) is 10.3 Å². The Hall–Kier alpha value is -1.38. The lowest BCUT2D eigenvalue weighted by Gasteiger charge is -2.02. The maximum Gasteiger partial charge on any atom is 0.125 e. The summed E-state index contributed by atoms with van der Waals surface area (Å²) >= 11 is 0. The summed E-state index contributed by atoms with van der Waals surface area (Å²) in [7, 11) is 0. The Kier molecular flexibility index (Phi) is 3.84. The first-order chi connectivity index (χ1) is 5.93. The Morgan fingerprint density at radius 1 is 1.50 bits per heavy atom. The Bertz CT molecular complexity index is 220. The van der Waals surface area contributed by atoms with Gasteiger partial charge in [0.05, 0.1) is 0 Å². The van der Waals surface area contributed by atoms with Crippen molar-refractivity contribution in [2.45, 2.75) is 12.8 Å². The van der Waals surface area contributed by atoms with Gasteiger partial charge in [-0.2, -0.15) is 0 Å². The summed E-state index contributed by atoms with van der Waals surface area (Å²) in [5, 5.41) is 9.98. The highest BCUT2D eigenvalue weighted by Crippen LogP contribution is 1.99. The van der Waals surface area contributed by atoms with Crippen molar-refractivity contribution in [3.8, 4) is 0 Å². The van der Waals surface area contributed by atoms with E-state index >= 15 is 0 Å². The first kappa shape index (κ1) is 8.71. The van der Waals surface area contributed by atoms with Gasteiger partial charge < -0.3 is 10.7 Å². The summed E-state index contributed by atoms with van der Waals surface area (Å²) in [6.45, 7) is 0.881. The largest absolute Gasteiger partial charge is 0.370 e. The second kappa shape index (κ2) is 5.29. The second-order valence-corrected chi connectivity index (χ2v) is 2.49. The molecular weight excluding hydrogens is 150 g/mol. The van der Waals surface area contributed by atoms with Crippen molar-refractivity contribution in [3.05, 3.63) is 24.4 Å². The van der Waals surface area contributed by atoms with Crippen LogP contribution in [-0.2, 0) is 0 Å². The third kappa shape index (κ3) is 3.14. The minimum absolute atomic E-state index is 0.833. The van der Waals surface area contributed by atoms with Gasteiger partial charge in [-0.3, -0.25) is 0 Å². The molecule has 0 spiro atoms. The molecule has 2 N–H and O–H groups in total. The van der Waals surface area contributed by atoms with Crippen molar-refractivity contribution >= 4 is 12.0 Å². The summed E-state index contributed by atoms with van der Waals surface area (Å²) in [6.07, 6.45) is 5.01. The van der Waals surface area contributed by atoms with Crippen LogP contribution in [0.15, 0.2) is 24.4 Å². The van der Waals surface area contributed by atoms with Gasteiger partial charge in [-0.25, -0.2) is 4.98 Å². The SMILES string of the molecule is N=CCCCNc1ccccn1. The van der Waals surface area contributed by atoms with Crippen LogP contribution in [0, 0.1) is 5.41 Å². The molecule has 0 amide bonds. The van der Waals surface area contributed by atoms with Gasteiger partial charge in [0.25, 0.3) is 0 Å². The molecule has 12 heavy (non-hydrogen) atoms. The molecule has 1 rings (SSSR count). The molecule has 0 saturated carbocycles. The molecule has 1 heterocycles. The molecule has 0 aliphatic rings. The molecule has 0 radical (unpaired) electrons. The summed E-state index contributed by atoms with van der Waals surface area (Å²) < 4.78 is 0. The fourth-order valence-corrected chi connectivity index (χ4v) is 0.888. The highest BCUT2D eigenvalue weighted by atomic mass is 15.0. The highest BCUT2D eigenvalue weighted by Gasteiger charge is 1.88. The molecule has 0 unspecified atom stereocenters. The molecule has 0 fully saturated rings. The first-order valence-electron chi connectivity index (χ1n) is 4.07. The van der Waals surface area contributed by atoms with Crippen LogP contribution in [0.4, 0.5) is 5.82 Å². The van der Waals surface area contributed by atoms with Crippen molar-refractivity contribution in [3.63, 3.8) is 0 Å². The zero-order valence-corrected chi connectivity index (χ0v) is 6.96. The van der Waals surface area contributed by atoms with Crippen molar-refractivity contribution in [1.29, 1.82) is 5.41 Å². The highest BCUT2D eigenvalue weighted by molar-refractivity contribution is 5.52. The quantitative estimate of drug-likeness (QED) is 0.514. The number of hydrogen-bond donors (Lipinski definition) is 2. The normalized spacial score (nSPS) is 9.33. The zero-order chi connectivity index (χ0) is 8.65. The van der Waals surface area contributed by atoms with Crippen LogP contribution in [0.3, 0.4) is 0 Å². The van der Waals surface area contributed by atoms with E-state index in [0.717, 1.165) is 25.2 Å². The van der Waals surface area contributed by atoms with Crippen molar-refractivity contribution < 1.29 is 0 Å². The first-order valence-corrected chi connectivity index (χ1v) is 4.07. The molecule has 1 aromatic rings. The lowest BCUT2D eigenvalue weighted by Crippen LogP contribution is -2.02. The van der Waals surface area contributed by atoms with E-state index in [1.54, 1.807) is 6.20 Å². The Balaban J connectivity index is 2.20. The number of rotatable bonds is 5. The fraction of sp³-hybridized carbons (Fsp3) is 0.333. The lowest BCUT2D eigenvalue weighted by molar-refractivity contribution is 0.916. The van der Waals surface area contributed by atoms with Crippen LogP contribution < -0.4 is 5.32 Å². The molecule has 0 bridgehead atoms. The molecule has 64 valence electrons. The minimum atomic E-state index is 0.833. The van der Waals surface area contributed by atoms with Gasteiger partial charge in [-0.05, 0) is 31.2 Å². The Morgan fingerprint density at radius 2 is 2.42 bits per heavy atom. The van der Waals surface area contributed by atoms with Crippen LogP contribution in [0.5, 0.6) is 0 Å². The van der Waals surface area contributed by atoms with E-state index in [1.807, 2.05) is 18.2 Å². The topological polar surface area (TPSA) is 48.8 Å².